The molecule has 150 valence electrons. The zero-order valence-corrected chi connectivity index (χ0v) is 16.2. The number of ether oxygens (including phenoxy) is 1. The summed E-state index contributed by atoms with van der Waals surface area (Å²) < 4.78 is 19.7. The Morgan fingerprint density at radius 3 is 2.69 bits per heavy atom. The molecule has 4 rings (SSSR count). The molecule has 5 nitrogen and oxygen atoms in total. The number of carbonyl (C=O) groups is 1. The van der Waals surface area contributed by atoms with Crippen LogP contribution in [0.5, 0.6) is 5.75 Å². The summed E-state index contributed by atoms with van der Waals surface area (Å²) in [5, 5.41) is 10.3. The van der Waals surface area contributed by atoms with Crippen molar-refractivity contribution in [3.05, 3.63) is 71.7 Å². The number of hydrogen-bond acceptors (Lipinski definition) is 4. The van der Waals surface area contributed by atoms with Gasteiger partial charge < -0.3 is 9.84 Å². The normalized spacial score (nSPS) is 16.6. The number of fused-ring (bicyclic) bond motifs is 1. The van der Waals surface area contributed by atoms with Crippen LogP contribution in [-0.4, -0.2) is 41.2 Å². The number of rotatable bonds is 5. The second-order valence-corrected chi connectivity index (χ2v) is 7.40. The maximum atomic E-state index is 14.2. The lowest BCUT2D eigenvalue weighted by Crippen LogP contribution is -2.39. The molecule has 1 fully saturated rings. The van der Waals surface area contributed by atoms with Crippen LogP contribution in [-0.2, 0) is 4.79 Å². The molecule has 6 heteroatoms. The van der Waals surface area contributed by atoms with Crippen molar-refractivity contribution < 1.29 is 19.0 Å². The van der Waals surface area contributed by atoms with Crippen LogP contribution < -0.4 is 4.74 Å². The fraction of sp³-hybridized carbons (Fsp3) is 0.304. The molecule has 1 unspecified atom stereocenters. The van der Waals surface area contributed by atoms with Gasteiger partial charge in [0.1, 0.15) is 11.6 Å². The van der Waals surface area contributed by atoms with Crippen molar-refractivity contribution in [1.82, 2.24) is 9.88 Å². The van der Waals surface area contributed by atoms with Crippen molar-refractivity contribution in [2.45, 2.75) is 18.9 Å². The Kier molecular flexibility index (Phi) is 5.45. The van der Waals surface area contributed by atoms with Gasteiger partial charge in [0.05, 0.1) is 24.6 Å². The third-order valence-electron chi connectivity index (χ3n) is 5.66. The average molecular weight is 394 g/mol. The van der Waals surface area contributed by atoms with E-state index in [-0.39, 0.29) is 17.8 Å². The standard InChI is InChI=1S/C23H23FN2O3/c1-29-21-7-6-18(24)13-19(21)22(26-10-8-15(9-11-26)23(27)28)17-12-16-4-2-3-5-20(16)25-14-17/h2-7,12-15,22H,8-11H2,1H3,(H,27,28). The fourth-order valence-electron chi connectivity index (χ4n) is 4.15. The van der Waals surface area contributed by atoms with Crippen molar-refractivity contribution >= 4 is 16.9 Å². The Morgan fingerprint density at radius 2 is 1.97 bits per heavy atom. The van der Waals surface area contributed by atoms with Gasteiger partial charge in [0, 0.05) is 17.1 Å². The lowest BCUT2D eigenvalue weighted by Gasteiger charge is -2.37. The van der Waals surface area contributed by atoms with Gasteiger partial charge in [0.25, 0.3) is 0 Å². The summed E-state index contributed by atoms with van der Waals surface area (Å²) in [6.07, 6.45) is 2.94. The van der Waals surface area contributed by atoms with Crippen molar-refractivity contribution in [3.8, 4) is 5.75 Å². The van der Waals surface area contributed by atoms with E-state index in [1.54, 1.807) is 13.2 Å². The predicted molar refractivity (Wildman–Crippen MR) is 108 cm³/mol. The molecule has 29 heavy (non-hydrogen) atoms. The minimum Gasteiger partial charge on any atom is -0.496 e. The number of carboxylic acid groups (broad SMARTS) is 1. The van der Waals surface area contributed by atoms with E-state index >= 15 is 0 Å². The van der Waals surface area contributed by atoms with E-state index in [9.17, 15) is 14.3 Å². The molecule has 1 aliphatic rings. The SMILES string of the molecule is COc1ccc(F)cc1C(c1cnc2ccccc2c1)N1CCC(C(=O)O)CC1. The quantitative estimate of drug-likeness (QED) is 0.700. The van der Waals surface area contributed by atoms with Crippen molar-refractivity contribution in [3.63, 3.8) is 0 Å². The zero-order valence-electron chi connectivity index (χ0n) is 16.2. The van der Waals surface area contributed by atoms with E-state index in [2.05, 4.69) is 16.0 Å². The van der Waals surface area contributed by atoms with Crippen molar-refractivity contribution in [2.75, 3.05) is 20.2 Å². The van der Waals surface area contributed by atoms with Gasteiger partial charge in [-0.15, -0.1) is 0 Å². The highest BCUT2D eigenvalue weighted by molar-refractivity contribution is 5.79. The van der Waals surface area contributed by atoms with Crippen LogP contribution in [0, 0.1) is 11.7 Å². The van der Waals surface area contributed by atoms with Crippen LogP contribution in [0.15, 0.2) is 54.7 Å². The summed E-state index contributed by atoms with van der Waals surface area (Å²) in [5.74, 6) is -0.821. The number of likely N-dealkylation sites (tertiary alicyclic amines) is 1. The van der Waals surface area contributed by atoms with E-state index in [4.69, 9.17) is 4.74 Å². The lowest BCUT2D eigenvalue weighted by molar-refractivity contribution is -0.143. The number of aromatic nitrogens is 1. The Morgan fingerprint density at radius 1 is 1.21 bits per heavy atom. The maximum Gasteiger partial charge on any atom is 0.306 e. The number of carboxylic acids is 1. The molecule has 1 saturated heterocycles. The Balaban J connectivity index is 1.79. The van der Waals surface area contributed by atoms with Gasteiger partial charge in [-0.25, -0.2) is 4.39 Å². The smallest absolute Gasteiger partial charge is 0.306 e. The average Bonchev–Trinajstić information content (AvgIpc) is 2.74. The number of methoxy groups -OCH3 is 1. The second-order valence-electron chi connectivity index (χ2n) is 7.40. The molecule has 0 aliphatic carbocycles. The third-order valence-corrected chi connectivity index (χ3v) is 5.66. The molecule has 0 saturated carbocycles. The number of nitrogens with zero attached hydrogens (tertiary/aromatic N) is 2. The van der Waals surface area contributed by atoms with Gasteiger partial charge in [0.2, 0.25) is 0 Å². The van der Waals surface area contributed by atoms with Crippen LogP contribution in [0.25, 0.3) is 10.9 Å². The molecule has 0 spiro atoms. The number of hydrogen-bond donors (Lipinski definition) is 1. The summed E-state index contributed by atoms with van der Waals surface area (Å²) in [6.45, 7) is 1.21. The van der Waals surface area contributed by atoms with Gasteiger partial charge in [0.15, 0.2) is 0 Å². The highest BCUT2D eigenvalue weighted by atomic mass is 19.1. The van der Waals surface area contributed by atoms with Crippen LogP contribution >= 0.6 is 0 Å². The number of aliphatic carboxylic acids is 1. The summed E-state index contributed by atoms with van der Waals surface area (Å²) in [7, 11) is 1.57. The number of para-hydroxylation sites is 1. The molecular formula is C23H23FN2O3. The van der Waals surface area contributed by atoms with Crippen molar-refractivity contribution in [1.29, 1.82) is 0 Å². The molecule has 1 atom stereocenters. The second kappa shape index (κ2) is 8.17. The van der Waals surface area contributed by atoms with Crippen LogP contribution in [0.2, 0.25) is 0 Å². The van der Waals surface area contributed by atoms with Crippen molar-refractivity contribution in [2.24, 2.45) is 5.92 Å². The van der Waals surface area contributed by atoms with Gasteiger partial charge in [-0.2, -0.15) is 0 Å². The van der Waals surface area contributed by atoms with Crippen LogP contribution in [0.4, 0.5) is 4.39 Å². The topological polar surface area (TPSA) is 62.7 Å². The molecule has 0 radical (unpaired) electrons. The summed E-state index contributed by atoms with van der Waals surface area (Å²) in [4.78, 5) is 18.1. The highest BCUT2D eigenvalue weighted by Gasteiger charge is 2.32. The molecule has 3 aromatic rings. The first-order valence-electron chi connectivity index (χ1n) is 9.72. The monoisotopic (exact) mass is 394 g/mol. The van der Waals surface area contributed by atoms with E-state index < -0.39 is 5.97 Å². The predicted octanol–water partition coefficient (Wildman–Crippen LogP) is 4.27. The molecule has 1 aromatic heterocycles. The molecule has 1 N–H and O–H groups in total. The molecule has 2 heterocycles. The third kappa shape index (κ3) is 3.93. The first-order valence-corrected chi connectivity index (χ1v) is 9.72. The molecule has 0 amide bonds. The number of benzene rings is 2. The first kappa shape index (κ1) is 19.3. The van der Waals surface area contributed by atoms with E-state index in [1.165, 1.54) is 12.1 Å². The Labute approximate surface area is 168 Å². The van der Waals surface area contributed by atoms with Gasteiger partial charge in [-0.3, -0.25) is 14.7 Å². The summed E-state index contributed by atoms with van der Waals surface area (Å²) >= 11 is 0. The Hall–Kier alpha value is -2.99. The lowest BCUT2D eigenvalue weighted by atomic mass is 9.91. The van der Waals surface area contributed by atoms with Gasteiger partial charge in [-0.05, 0) is 61.8 Å². The maximum absolute atomic E-state index is 14.2. The minimum atomic E-state index is -0.753. The molecule has 1 aliphatic heterocycles. The van der Waals surface area contributed by atoms with E-state index in [0.717, 1.165) is 22.0 Å². The van der Waals surface area contributed by atoms with E-state index in [0.29, 0.717) is 31.7 Å². The highest BCUT2D eigenvalue weighted by Crippen LogP contribution is 2.38. The largest absolute Gasteiger partial charge is 0.496 e. The van der Waals surface area contributed by atoms with Crippen LogP contribution in [0.3, 0.4) is 0 Å². The number of pyridine rings is 1. The van der Waals surface area contributed by atoms with Gasteiger partial charge >= 0.3 is 5.97 Å². The van der Waals surface area contributed by atoms with Gasteiger partial charge in [-0.1, -0.05) is 18.2 Å². The summed E-state index contributed by atoms with van der Waals surface area (Å²) in [6, 6.07) is 14.2. The molecule has 2 aromatic carbocycles. The number of piperidine rings is 1. The molecule has 0 bridgehead atoms. The zero-order chi connectivity index (χ0) is 20.4. The first-order chi connectivity index (χ1) is 14.1. The summed E-state index contributed by atoms with van der Waals surface area (Å²) in [5.41, 5.74) is 2.55. The van der Waals surface area contributed by atoms with Crippen LogP contribution in [0.1, 0.15) is 30.0 Å². The minimum absolute atomic E-state index is 0.271. The fourth-order valence-corrected chi connectivity index (χ4v) is 4.15. The molecular weight excluding hydrogens is 371 g/mol. The van der Waals surface area contributed by atoms with E-state index in [1.807, 2.05) is 30.5 Å². The number of halogens is 1. The Bertz CT molecular complexity index is 1030.